The zero-order valence-corrected chi connectivity index (χ0v) is 36.2. The number of amides is 1. The molecule has 1 amide bonds. The van der Waals surface area contributed by atoms with Crippen LogP contribution < -0.4 is 14.2 Å². The van der Waals surface area contributed by atoms with E-state index in [1.807, 2.05) is 63.3 Å². The van der Waals surface area contributed by atoms with Gasteiger partial charge < -0.3 is 33.3 Å². The number of hydrogen-bond donors (Lipinski definition) is 0. The van der Waals surface area contributed by atoms with E-state index < -0.39 is 23.1 Å². The van der Waals surface area contributed by atoms with E-state index in [0.717, 1.165) is 44.2 Å². The molecule has 2 aromatic carbocycles. The standard InChI is InChI=1S/C46H56ClF2N5O7/c1-45(2,3)61-44(55)53-19-11-10-16-33(27-53)57-21-12-6-9-17-35-36(22-34(23-38(35)47)60-30-56-4)40-39(49)41-37(25-50-40)42(58-28-31-14-7-5-8-15-31)52-43(51-41)59-29-46-18-13-20-54(46)26-32(48)24-46/h5,7-9,14-15,17,22-23,25,32-33H,6,10-13,16,18-21,24,26-30H2,1-4H3/b17-9+/t32-,33?,46+/m1/s1. The Hall–Kier alpha value is -4.63. The second-order valence-electron chi connectivity index (χ2n) is 17.0. The van der Waals surface area contributed by atoms with Crippen molar-refractivity contribution in [1.29, 1.82) is 0 Å². The van der Waals surface area contributed by atoms with E-state index in [9.17, 15) is 9.18 Å². The quantitative estimate of drug-likeness (QED) is 0.0792. The number of carbonyl (C=O) groups is 1. The van der Waals surface area contributed by atoms with Crippen LogP contribution in [0.15, 0.2) is 54.7 Å². The summed E-state index contributed by atoms with van der Waals surface area (Å²) >= 11 is 6.89. The van der Waals surface area contributed by atoms with Crippen LogP contribution in [0.3, 0.4) is 0 Å². The van der Waals surface area contributed by atoms with Crippen LogP contribution in [0.4, 0.5) is 13.6 Å². The van der Waals surface area contributed by atoms with Crippen molar-refractivity contribution < 1.29 is 42.0 Å². The maximum Gasteiger partial charge on any atom is 0.410 e. The highest BCUT2D eigenvalue weighted by molar-refractivity contribution is 6.32. The Morgan fingerprint density at radius 3 is 2.69 bits per heavy atom. The fourth-order valence-corrected chi connectivity index (χ4v) is 8.57. The lowest BCUT2D eigenvalue weighted by atomic mass is 9.95. The molecule has 12 nitrogen and oxygen atoms in total. The lowest BCUT2D eigenvalue weighted by Crippen LogP contribution is -2.43. The summed E-state index contributed by atoms with van der Waals surface area (Å²) in [6.07, 6.45) is 10.2. The number of nitrogens with zero attached hydrogens (tertiary/aromatic N) is 5. The molecule has 0 saturated carbocycles. The lowest BCUT2D eigenvalue weighted by Gasteiger charge is -2.30. The van der Waals surface area contributed by atoms with Crippen LogP contribution in [0.1, 0.15) is 83.3 Å². The van der Waals surface area contributed by atoms with Crippen LogP contribution in [0.5, 0.6) is 17.6 Å². The van der Waals surface area contributed by atoms with Gasteiger partial charge in [0.15, 0.2) is 12.6 Å². The van der Waals surface area contributed by atoms with Crippen LogP contribution in [-0.2, 0) is 20.8 Å². The van der Waals surface area contributed by atoms with Crippen LogP contribution in [0, 0.1) is 5.82 Å². The third-order valence-electron chi connectivity index (χ3n) is 11.2. The molecule has 3 atom stereocenters. The van der Waals surface area contributed by atoms with Crippen LogP contribution in [0.2, 0.25) is 5.02 Å². The van der Waals surface area contributed by atoms with Gasteiger partial charge in [0.25, 0.3) is 0 Å². The SMILES string of the molecule is COCOc1cc(Cl)c(/C=C/CCCOC2CCCCN(C(=O)OC(C)(C)C)C2)c(-c2ncc3c(OCc4ccccc4)nc(OC[C@@]45CCCN4C[C@H](F)C5)nc3c2F)c1. The molecule has 0 radical (unpaired) electrons. The van der Waals surface area contributed by atoms with Crippen molar-refractivity contribution in [3.8, 4) is 28.9 Å². The Morgan fingerprint density at radius 1 is 1.05 bits per heavy atom. The number of fused-ring (bicyclic) bond motifs is 2. The van der Waals surface area contributed by atoms with Crippen molar-refractivity contribution in [2.24, 2.45) is 0 Å². The van der Waals surface area contributed by atoms with Gasteiger partial charge in [-0.2, -0.15) is 9.97 Å². The molecule has 61 heavy (non-hydrogen) atoms. The topological polar surface area (TPSA) is 118 Å². The number of alkyl halides is 1. The lowest BCUT2D eigenvalue weighted by molar-refractivity contribution is 0.000845. The molecule has 5 heterocycles. The normalized spacial score (nSPS) is 20.9. The third-order valence-corrected chi connectivity index (χ3v) is 11.5. The molecule has 2 aromatic heterocycles. The molecule has 3 aliphatic heterocycles. The molecule has 3 aliphatic rings. The molecule has 1 unspecified atom stereocenters. The highest BCUT2D eigenvalue weighted by Crippen LogP contribution is 2.41. The molecule has 3 saturated heterocycles. The van der Waals surface area contributed by atoms with Gasteiger partial charge in [-0.05, 0) is 90.0 Å². The van der Waals surface area contributed by atoms with Crippen LogP contribution in [0.25, 0.3) is 28.2 Å². The minimum atomic E-state index is -0.936. The number of ether oxygens (including phenoxy) is 6. The number of hydrogen-bond acceptors (Lipinski definition) is 11. The molecule has 0 aliphatic carbocycles. The minimum Gasteiger partial charge on any atom is -0.472 e. The van der Waals surface area contributed by atoms with Crippen molar-refractivity contribution >= 4 is 34.7 Å². The number of methoxy groups -OCH3 is 1. The fraction of sp³-hybridized carbons (Fsp3) is 0.522. The Morgan fingerprint density at radius 2 is 1.89 bits per heavy atom. The van der Waals surface area contributed by atoms with E-state index in [1.54, 1.807) is 17.0 Å². The van der Waals surface area contributed by atoms with Gasteiger partial charge in [-0.3, -0.25) is 9.88 Å². The fourth-order valence-electron chi connectivity index (χ4n) is 8.30. The van der Waals surface area contributed by atoms with Crippen LogP contribution >= 0.6 is 11.6 Å². The van der Waals surface area contributed by atoms with Gasteiger partial charge in [0.1, 0.15) is 41.9 Å². The van der Waals surface area contributed by atoms with Crippen molar-refractivity contribution in [1.82, 2.24) is 24.8 Å². The Labute approximate surface area is 361 Å². The second-order valence-corrected chi connectivity index (χ2v) is 17.4. The number of likely N-dealkylation sites (tertiary alicyclic amines) is 1. The van der Waals surface area contributed by atoms with Crippen molar-refractivity contribution in [2.75, 3.05) is 53.3 Å². The number of rotatable bonds is 16. The van der Waals surface area contributed by atoms with E-state index in [1.165, 1.54) is 13.3 Å². The predicted molar refractivity (Wildman–Crippen MR) is 229 cm³/mol. The van der Waals surface area contributed by atoms with Gasteiger partial charge in [0.2, 0.25) is 5.88 Å². The molecule has 0 spiro atoms. The molecule has 4 aromatic rings. The number of aromatic nitrogens is 3. The Balaban J connectivity index is 1.13. The molecule has 15 heteroatoms. The molecule has 328 valence electrons. The first-order chi connectivity index (χ1) is 29.4. The molecular formula is C46H56ClF2N5O7. The van der Waals surface area contributed by atoms with Crippen molar-refractivity contribution in [2.45, 2.75) is 102 Å². The smallest absolute Gasteiger partial charge is 0.410 e. The second kappa shape index (κ2) is 20.0. The third kappa shape index (κ3) is 11.3. The first kappa shape index (κ1) is 44.4. The zero-order valence-electron chi connectivity index (χ0n) is 35.5. The summed E-state index contributed by atoms with van der Waals surface area (Å²) < 4.78 is 66.9. The molecule has 0 N–H and O–H groups in total. The van der Waals surface area contributed by atoms with Gasteiger partial charge in [-0.1, -0.05) is 54.1 Å². The number of carbonyl (C=O) groups excluding carboxylic acids is 1. The van der Waals surface area contributed by atoms with Gasteiger partial charge >= 0.3 is 12.1 Å². The van der Waals surface area contributed by atoms with E-state index in [0.29, 0.717) is 67.4 Å². The average Bonchev–Trinajstić information content (AvgIpc) is 3.65. The van der Waals surface area contributed by atoms with Gasteiger partial charge in [-0.25, -0.2) is 13.6 Å². The molecule has 3 fully saturated rings. The largest absolute Gasteiger partial charge is 0.472 e. The van der Waals surface area contributed by atoms with Crippen LogP contribution in [-0.4, -0.2) is 108 Å². The van der Waals surface area contributed by atoms with Gasteiger partial charge in [0, 0.05) is 50.6 Å². The van der Waals surface area contributed by atoms with E-state index in [2.05, 4.69) is 19.9 Å². The number of benzene rings is 2. The zero-order chi connectivity index (χ0) is 43.0. The van der Waals surface area contributed by atoms with Gasteiger partial charge in [-0.15, -0.1) is 0 Å². The summed E-state index contributed by atoms with van der Waals surface area (Å²) in [6.45, 7) is 8.67. The Kier molecular flexibility index (Phi) is 14.6. The number of pyridine rings is 1. The average molecular weight is 864 g/mol. The maximum absolute atomic E-state index is 17.1. The van der Waals surface area contributed by atoms with Crippen molar-refractivity contribution in [3.05, 3.63) is 76.7 Å². The summed E-state index contributed by atoms with van der Waals surface area (Å²) in [5, 5.41) is 0.576. The minimum absolute atomic E-state index is 0.0153. The van der Waals surface area contributed by atoms with E-state index in [-0.39, 0.29) is 60.7 Å². The van der Waals surface area contributed by atoms with Crippen molar-refractivity contribution in [3.63, 3.8) is 0 Å². The molecule has 0 bridgehead atoms. The highest BCUT2D eigenvalue weighted by atomic mass is 35.5. The van der Waals surface area contributed by atoms with E-state index in [4.69, 9.17) is 40.0 Å². The predicted octanol–water partition coefficient (Wildman–Crippen LogP) is 9.60. The van der Waals surface area contributed by atoms with E-state index >= 15 is 4.39 Å². The first-order valence-electron chi connectivity index (χ1n) is 21.2. The maximum atomic E-state index is 17.1. The molecular weight excluding hydrogens is 808 g/mol. The summed E-state index contributed by atoms with van der Waals surface area (Å²) in [6, 6.07) is 12.8. The summed E-state index contributed by atoms with van der Waals surface area (Å²) in [5.74, 6) is -0.262. The first-order valence-corrected chi connectivity index (χ1v) is 21.6. The summed E-state index contributed by atoms with van der Waals surface area (Å²) in [7, 11) is 1.50. The molecule has 7 rings (SSSR count). The van der Waals surface area contributed by atoms with Gasteiger partial charge in [0.05, 0.1) is 28.6 Å². The summed E-state index contributed by atoms with van der Waals surface area (Å²) in [5.41, 5.74) is 0.702. The number of unbranched alkanes of at least 4 members (excludes halogenated alkanes) is 1. The monoisotopic (exact) mass is 863 g/mol. The highest BCUT2D eigenvalue weighted by Gasteiger charge is 2.49. The Bertz CT molecular complexity index is 2160. The number of allylic oxidation sites excluding steroid dienone is 1. The number of halogens is 3. The summed E-state index contributed by atoms with van der Waals surface area (Å²) in [4.78, 5) is 30.4.